The standard InChI is InChI=1S/C13H10N2O4S/c16-11-10-7-4-8-14-12(10)15(13(11)17)20(18,19)9-5-2-1-3-6-9/h1-8,13,17H. The van der Waals surface area contributed by atoms with Crippen molar-refractivity contribution in [1.29, 1.82) is 0 Å². The fourth-order valence-corrected chi connectivity index (χ4v) is 3.54. The van der Waals surface area contributed by atoms with Gasteiger partial charge < -0.3 is 5.11 Å². The van der Waals surface area contributed by atoms with Crippen LogP contribution in [0.3, 0.4) is 0 Å². The maximum Gasteiger partial charge on any atom is 0.268 e. The van der Waals surface area contributed by atoms with Gasteiger partial charge in [0.05, 0.1) is 10.5 Å². The first-order valence-electron chi connectivity index (χ1n) is 5.80. The summed E-state index contributed by atoms with van der Waals surface area (Å²) in [5.74, 6) is -0.721. The van der Waals surface area contributed by atoms with Gasteiger partial charge in [-0.1, -0.05) is 18.2 Å². The largest absolute Gasteiger partial charge is 0.366 e. The van der Waals surface area contributed by atoms with E-state index in [-0.39, 0.29) is 16.3 Å². The smallest absolute Gasteiger partial charge is 0.268 e. The number of ketones is 1. The third-order valence-corrected chi connectivity index (χ3v) is 4.78. The van der Waals surface area contributed by atoms with E-state index in [1.54, 1.807) is 18.2 Å². The number of carbonyl (C=O) groups excluding carboxylic acids is 1. The molecular weight excluding hydrogens is 280 g/mol. The van der Waals surface area contributed by atoms with Crippen LogP contribution in [0.1, 0.15) is 10.4 Å². The van der Waals surface area contributed by atoms with Crippen molar-refractivity contribution in [2.24, 2.45) is 0 Å². The molecule has 2 heterocycles. The number of pyridine rings is 1. The van der Waals surface area contributed by atoms with E-state index < -0.39 is 22.0 Å². The van der Waals surface area contributed by atoms with Crippen LogP contribution in [-0.2, 0) is 10.0 Å². The summed E-state index contributed by atoms with van der Waals surface area (Å²) in [6, 6.07) is 10.6. The SMILES string of the molecule is O=C1c2cccnc2N(S(=O)(=O)c2ccccc2)C1O. The van der Waals surface area contributed by atoms with E-state index in [1.165, 1.54) is 30.5 Å². The zero-order chi connectivity index (χ0) is 14.3. The number of benzene rings is 1. The first-order chi connectivity index (χ1) is 9.53. The summed E-state index contributed by atoms with van der Waals surface area (Å²) in [4.78, 5) is 15.8. The Labute approximate surface area is 115 Å². The van der Waals surface area contributed by atoms with Gasteiger partial charge in [-0.2, -0.15) is 0 Å². The highest BCUT2D eigenvalue weighted by molar-refractivity contribution is 7.93. The molecular formula is C13H10N2O4S. The number of carbonyl (C=O) groups is 1. The van der Waals surface area contributed by atoms with Crippen molar-refractivity contribution in [3.63, 3.8) is 0 Å². The first kappa shape index (κ1) is 12.8. The van der Waals surface area contributed by atoms with Crippen LogP contribution in [0.4, 0.5) is 5.82 Å². The second kappa shape index (κ2) is 4.39. The Morgan fingerprint density at radius 2 is 1.80 bits per heavy atom. The Morgan fingerprint density at radius 3 is 2.50 bits per heavy atom. The number of aliphatic hydroxyl groups excluding tert-OH is 1. The number of anilines is 1. The number of fused-ring (bicyclic) bond motifs is 1. The molecule has 0 spiro atoms. The highest BCUT2D eigenvalue weighted by Gasteiger charge is 2.44. The highest BCUT2D eigenvalue weighted by atomic mass is 32.2. The van der Waals surface area contributed by atoms with E-state index in [2.05, 4.69) is 4.98 Å². The van der Waals surface area contributed by atoms with Crippen LogP contribution in [-0.4, -0.2) is 30.5 Å². The average Bonchev–Trinajstić information content (AvgIpc) is 2.73. The molecule has 0 amide bonds. The molecule has 0 radical (unpaired) electrons. The molecule has 1 unspecified atom stereocenters. The lowest BCUT2D eigenvalue weighted by molar-refractivity contribution is 0.0792. The Bertz CT molecular complexity index is 774. The van der Waals surface area contributed by atoms with Crippen LogP contribution in [0.2, 0.25) is 0 Å². The molecule has 3 rings (SSSR count). The maximum absolute atomic E-state index is 12.5. The van der Waals surface area contributed by atoms with Gasteiger partial charge in [0.15, 0.2) is 5.82 Å². The van der Waals surface area contributed by atoms with E-state index in [0.717, 1.165) is 0 Å². The minimum Gasteiger partial charge on any atom is -0.366 e. The lowest BCUT2D eigenvalue weighted by Gasteiger charge is -2.21. The molecule has 0 saturated carbocycles. The average molecular weight is 290 g/mol. The molecule has 1 aliphatic heterocycles. The van der Waals surface area contributed by atoms with Crippen molar-refractivity contribution < 1.29 is 18.3 Å². The Hall–Kier alpha value is -2.25. The maximum atomic E-state index is 12.5. The number of aromatic nitrogens is 1. The van der Waals surface area contributed by atoms with Crippen LogP contribution in [0.15, 0.2) is 53.6 Å². The molecule has 1 aromatic heterocycles. The number of hydrogen-bond acceptors (Lipinski definition) is 5. The molecule has 1 aromatic carbocycles. The van der Waals surface area contributed by atoms with Crippen LogP contribution in [0.25, 0.3) is 0 Å². The van der Waals surface area contributed by atoms with Gasteiger partial charge in [0, 0.05) is 6.20 Å². The third kappa shape index (κ3) is 1.71. The summed E-state index contributed by atoms with van der Waals surface area (Å²) >= 11 is 0. The summed E-state index contributed by atoms with van der Waals surface area (Å²) in [5.41, 5.74) is 0.0968. The second-order valence-corrected chi connectivity index (χ2v) is 6.04. The van der Waals surface area contributed by atoms with Crippen LogP contribution in [0.5, 0.6) is 0 Å². The van der Waals surface area contributed by atoms with E-state index in [0.29, 0.717) is 4.31 Å². The highest BCUT2D eigenvalue weighted by Crippen LogP contribution is 2.33. The molecule has 1 aliphatic rings. The van der Waals surface area contributed by atoms with Crippen molar-refractivity contribution in [3.05, 3.63) is 54.2 Å². The molecule has 1 N–H and O–H groups in total. The van der Waals surface area contributed by atoms with Crippen LogP contribution in [0, 0.1) is 0 Å². The van der Waals surface area contributed by atoms with Gasteiger partial charge in [-0.25, -0.2) is 17.7 Å². The lowest BCUT2D eigenvalue weighted by atomic mass is 10.2. The van der Waals surface area contributed by atoms with Crippen molar-refractivity contribution in [2.75, 3.05) is 4.31 Å². The monoisotopic (exact) mass is 290 g/mol. The van der Waals surface area contributed by atoms with Gasteiger partial charge in [-0.15, -0.1) is 0 Å². The molecule has 0 bridgehead atoms. The molecule has 2 aromatic rings. The predicted molar refractivity (Wildman–Crippen MR) is 70.7 cm³/mol. The second-order valence-electron chi connectivity index (χ2n) is 4.23. The zero-order valence-corrected chi connectivity index (χ0v) is 11.0. The molecule has 0 fully saturated rings. The molecule has 0 aliphatic carbocycles. The summed E-state index contributed by atoms with van der Waals surface area (Å²) in [6.07, 6.45) is -0.400. The zero-order valence-electron chi connectivity index (χ0n) is 10.2. The normalized spacial score (nSPS) is 18.1. The quantitative estimate of drug-likeness (QED) is 0.883. The minimum absolute atomic E-state index is 0.00893. The van der Waals surface area contributed by atoms with Gasteiger partial charge in [-0.05, 0) is 24.3 Å². The number of rotatable bonds is 2. The number of hydrogen-bond donors (Lipinski definition) is 1. The Morgan fingerprint density at radius 1 is 1.10 bits per heavy atom. The third-order valence-electron chi connectivity index (χ3n) is 3.02. The van der Waals surface area contributed by atoms with Crippen molar-refractivity contribution in [2.45, 2.75) is 11.1 Å². The Balaban J connectivity index is 2.18. The lowest BCUT2D eigenvalue weighted by Crippen LogP contribution is -2.40. The predicted octanol–water partition coefficient (Wildman–Crippen LogP) is 0.792. The molecule has 102 valence electrons. The van der Waals surface area contributed by atoms with Gasteiger partial charge in [0.2, 0.25) is 12.0 Å². The summed E-state index contributed by atoms with van der Waals surface area (Å²) in [7, 11) is -4.03. The van der Waals surface area contributed by atoms with E-state index in [1.807, 2.05) is 0 Å². The van der Waals surface area contributed by atoms with Gasteiger partial charge >= 0.3 is 0 Å². The van der Waals surface area contributed by atoms with E-state index >= 15 is 0 Å². The van der Waals surface area contributed by atoms with Crippen LogP contribution < -0.4 is 4.31 Å². The number of aliphatic hydroxyl groups is 1. The number of nitrogens with zero attached hydrogens (tertiary/aromatic N) is 2. The fraction of sp³-hybridized carbons (Fsp3) is 0.0769. The summed E-state index contributed by atoms with van der Waals surface area (Å²) in [6.45, 7) is 0. The summed E-state index contributed by atoms with van der Waals surface area (Å²) in [5, 5.41) is 9.93. The van der Waals surface area contributed by atoms with Gasteiger partial charge in [-0.3, -0.25) is 4.79 Å². The number of Topliss-reactive ketones (excluding diaryl/α,β-unsaturated/α-hetero) is 1. The van der Waals surface area contributed by atoms with Gasteiger partial charge in [0.1, 0.15) is 0 Å². The Kier molecular flexibility index (Phi) is 2.81. The molecule has 0 saturated heterocycles. The fourth-order valence-electron chi connectivity index (χ4n) is 2.08. The molecule has 1 atom stereocenters. The molecule has 20 heavy (non-hydrogen) atoms. The van der Waals surface area contributed by atoms with Crippen molar-refractivity contribution >= 4 is 21.6 Å². The minimum atomic E-state index is -4.03. The first-order valence-corrected chi connectivity index (χ1v) is 7.24. The van der Waals surface area contributed by atoms with Crippen molar-refractivity contribution in [3.8, 4) is 0 Å². The van der Waals surface area contributed by atoms with Crippen LogP contribution >= 0.6 is 0 Å². The van der Waals surface area contributed by atoms with E-state index in [9.17, 15) is 18.3 Å². The number of sulfonamides is 1. The molecule has 6 nitrogen and oxygen atoms in total. The summed E-state index contributed by atoms with van der Waals surface area (Å²) < 4.78 is 25.7. The topological polar surface area (TPSA) is 87.6 Å². The molecule has 7 heteroatoms. The van der Waals surface area contributed by atoms with Crippen molar-refractivity contribution in [1.82, 2.24) is 4.98 Å². The van der Waals surface area contributed by atoms with E-state index in [4.69, 9.17) is 0 Å². The van der Waals surface area contributed by atoms with Gasteiger partial charge in [0.25, 0.3) is 10.0 Å².